The Morgan fingerprint density at radius 3 is 1.78 bits per heavy atom. The average Bonchev–Trinajstić information content (AvgIpc) is 3.25. The van der Waals surface area contributed by atoms with Crippen LogP contribution in [0.25, 0.3) is 0 Å². The summed E-state index contributed by atoms with van der Waals surface area (Å²) in [5.74, 6) is -2.41. The summed E-state index contributed by atoms with van der Waals surface area (Å²) in [6, 6.07) is 7.37. The van der Waals surface area contributed by atoms with Crippen LogP contribution in [0.4, 0.5) is 0 Å². The van der Waals surface area contributed by atoms with Crippen LogP contribution >= 0.6 is 0 Å². The molecule has 0 aliphatic carbocycles. The van der Waals surface area contributed by atoms with Crippen LogP contribution in [0.2, 0.25) is 0 Å². The molecule has 5 heterocycles. The number of carbonyl (C=O) groups excluding carboxylic acids is 1. The van der Waals surface area contributed by atoms with Gasteiger partial charge in [0.25, 0.3) is 0 Å². The summed E-state index contributed by atoms with van der Waals surface area (Å²) >= 11 is 0. The molecule has 7 rings (SSSR count). The lowest BCUT2D eigenvalue weighted by molar-refractivity contribution is -0.375. The molecule has 0 amide bonds. The smallest absolute Gasteiger partial charge is 0.229 e. The number of aliphatic hydroxyl groups is 12. The quantitative estimate of drug-likeness (QED) is 0.1000. The van der Waals surface area contributed by atoms with Gasteiger partial charge in [-0.2, -0.15) is 0 Å². The van der Waals surface area contributed by atoms with Gasteiger partial charge >= 0.3 is 0 Å². The Balaban J connectivity index is 1.15. The Kier molecular flexibility index (Phi) is 14.5. The van der Waals surface area contributed by atoms with Crippen molar-refractivity contribution in [2.24, 2.45) is 0 Å². The first-order chi connectivity index (χ1) is 29.8. The van der Waals surface area contributed by atoms with Crippen LogP contribution < -0.4 is 9.47 Å². The summed E-state index contributed by atoms with van der Waals surface area (Å²) in [5, 5.41) is 148. The lowest BCUT2D eigenvalue weighted by atomic mass is 9.92. The molecule has 5 aliphatic rings. The van der Waals surface area contributed by atoms with E-state index in [1.807, 2.05) is 0 Å². The van der Waals surface area contributed by atoms with Crippen molar-refractivity contribution in [1.82, 2.24) is 0 Å². The summed E-state index contributed by atoms with van der Waals surface area (Å²) < 4.78 is 51.8. The van der Waals surface area contributed by atoms with Gasteiger partial charge < -0.3 is 114 Å². The van der Waals surface area contributed by atoms with E-state index >= 15 is 0 Å². The number of rotatable bonds is 11. The van der Waals surface area contributed by atoms with Crippen LogP contribution in [-0.4, -0.2) is 219 Å². The molecule has 2 aromatic rings. The molecular formula is C39H52O24. The van der Waals surface area contributed by atoms with Crippen molar-refractivity contribution in [1.29, 1.82) is 0 Å². The van der Waals surface area contributed by atoms with Crippen molar-refractivity contribution in [2.45, 2.75) is 149 Å². The predicted octanol–water partition coefficient (Wildman–Crippen LogP) is -5.52. The number of ether oxygens (including phenoxy) is 9. The van der Waals surface area contributed by atoms with Gasteiger partial charge in [0, 0.05) is 12.1 Å². The molecule has 5 aliphatic heterocycles. The number of hydrogen-bond donors (Lipinski definition) is 14. The number of hydrogen-bond acceptors (Lipinski definition) is 24. The zero-order valence-electron chi connectivity index (χ0n) is 33.4. The topological polar surface area (TPSA) is 383 Å². The highest BCUT2D eigenvalue weighted by Gasteiger charge is 2.54. The lowest BCUT2D eigenvalue weighted by Crippen LogP contribution is -2.65. The summed E-state index contributed by atoms with van der Waals surface area (Å²) in [6.45, 7) is 1.23. The van der Waals surface area contributed by atoms with E-state index in [1.54, 1.807) is 0 Å². The van der Waals surface area contributed by atoms with Gasteiger partial charge in [-0.25, -0.2) is 0 Å². The van der Waals surface area contributed by atoms with Crippen LogP contribution in [-0.2, 0) is 33.2 Å². The van der Waals surface area contributed by atoms with Crippen molar-refractivity contribution in [3.05, 3.63) is 47.5 Å². The average molecular weight is 905 g/mol. The largest absolute Gasteiger partial charge is 0.508 e. The van der Waals surface area contributed by atoms with Crippen molar-refractivity contribution >= 4 is 5.78 Å². The number of aromatic hydroxyl groups is 2. The minimum atomic E-state index is -2.08. The monoisotopic (exact) mass is 904 g/mol. The summed E-state index contributed by atoms with van der Waals surface area (Å²) in [5.41, 5.74) is -0.292. The van der Waals surface area contributed by atoms with E-state index in [9.17, 15) is 76.3 Å². The highest BCUT2D eigenvalue weighted by molar-refractivity contribution is 6.05. The zero-order valence-corrected chi connectivity index (χ0v) is 33.4. The van der Waals surface area contributed by atoms with E-state index in [4.69, 9.17) is 42.6 Å². The predicted molar refractivity (Wildman–Crippen MR) is 199 cm³/mol. The molecular weight excluding hydrogens is 852 g/mol. The number of carbonyl (C=O) groups is 1. The van der Waals surface area contributed by atoms with Crippen LogP contribution in [0.5, 0.6) is 23.0 Å². The molecule has 2 aromatic carbocycles. The maximum Gasteiger partial charge on any atom is 0.229 e. The zero-order chi connectivity index (χ0) is 45.8. The van der Waals surface area contributed by atoms with E-state index < -0.39 is 165 Å². The Morgan fingerprint density at radius 2 is 1.14 bits per heavy atom. The molecule has 24 nitrogen and oxygen atoms in total. The highest BCUT2D eigenvalue weighted by Crippen LogP contribution is 2.45. The third kappa shape index (κ3) is 9.34. The van der Waals surface area contributed by atoms with E-state index in [0.717, 1.165) is 12.1 Å². The Bertz CT molecular complexity index is 1870. The Labute approximate surface area is 357 Å². The number of ketones is 1. The third-order valence-electron chi connectivity index (χ3n) is 11.7. The van der Waals surface area contributed by atoms with Gasteiger partial charge in [-0.3, -0.25) is 4.79 Å². The van der Waals surface area contributed by atoms with Gasteiger partial charge in [0.1, 0.15) is 114 Å². The van der Waals surface area contributed by atoms with Gasteiger partial charge in [-0.1, -0.05) is 12.1 Å². The van der Waals surface area contributed by atoms with Crippen LogP contribution in [0.1, 0.15) is 35.9 Å². The van der Waals surface area contributed by atoms with E-state index in [0.29, 0.717) is 0 Å². The summed E-state index contributed by atoms with van der Waals surface area (Å²) in [7, 11) is 0. The van der Waals surface area contributed by atoms with Gasteiger partial charge in [-0.15, -0.1) is 0 Å². The minimum absolute atomic E-state index is 0.179. The molecule has 24 heteroatoms. The maximum absolute atomic E-state index is 14.5. The SMILES string of the molecule is C[C@@H]1O[C@H](OC[C@H]2O[C@H](O[C@H]3[C@@H](O[C@H]4C(=O)c5c(O)cc(O[C@H]6O[C@@H](C)[C@H](O)[C@@H](O)[C@H]6O)cc5O[C@@H]4c4ccc(O)cc4)O[C@H](CO)[C@H](O)[C@H]3O)[C@H](O)[C@H](O)[C@H]2O)[C@H](O)[C@H](O)[C@H]1O. The van der Waals surface area contributed by atoms with Gasteiger partial charge in [0.2, 0.25) is 12.1 Å². The van der Waals surface area contributed by atoms with Gasteiger partial charge in [-0.05, 0) is 31.5 Å². The molecule has 0 spiro atoms. The fourth-order valence-corrected chi connectivity index (χ4v) is 7.87. The molecule has 14 N–H and O–H groups in total. The maximum atomic E-state index is 14.5. The number of Topliss-reactive ketones (excluding diaryl/α,β-unsaturated/α-hetero) is 1. The second kappa shape index (κ2) is 19.2. The first kappa shape index (κ1) is 47.5. The first-order valence-corrected chi connectivity index (χ1v) is 20.0. The first-order valence-electron chi connectivity index (χ1n) is 20.0. The highest BCUT2D eigenvalue weighted by atomic mass is 16.8. The number of fused-ring (bicyclic) bond motifs is 1. The third-order valence-corrected chi connectivity index (χ3v) is 11.7. The number of benzene rings is 2. The molecule has 22 atom stereocenters. The molecule has 4 fully saturated rings. The molecule has 0 saturated carbocycles. The van der Waals surface area contributed by atoms with Crippen LogP contribution in [0.3, 0.4) is 0 Å². The minimum Gasteiger partial charge on any atom is -0.508 e. The van der Waals surface area contributed by atoms with Crippen LogP contribution in [0.15, 0.2) is 36.4 Å². The molecule has 0 bridgehead atoms. The molecule has 0 unspecified atom stereocenters. The normalized spacial score (nSPS) is 44.4. The lowest BCUT2D eigenvalue weighted by Gasteiger charge is -2.47. The Hall–Kier alpha value is -3.45. The Morgan fingerprint density at radius 1 is 0.587 bits per heavy atom. The number of aliphatic hydroxyl groups excluding tert-OH is 12. The molecule has 0 radical (unpaired) electrons. The van der Waals surface area contributed by atoms with E-state index in [-0.39, 0.29) is 22.8 Å². The van der Waals surface area contributed by atoms with Crippen molar-refractivity contribution in [2.75, 3.05) is 13.2 Å². The van der Waals surface area contributed by atoms with E-state index in [2.05, 4.69) is 0 Å². The fraction of sp³-hybridized carbons (Fsp3) is 0.667. The van der Waals surface area contributed by atoms with Gasteiger partial charge in [0.15, 0.2) is 31.1 Å². The number of phenolic OH excluding ortho intramolecular Hbond substituents is 2. The van der Waals surface area contributed by atoms with Gasteiger partial charge in [0.05, 0.1) is 25.4 Å². The fourth-order valence-electron chi connectivity index (χ4n) is 7.87. The second-order valence-electron chi connectivity index (χ2n) is 16.0. The molecule has 4 saturated heterocycles. The standard InChI is InChI=1S/C39H52O24/c1-11-21(43)26(48)30(52)36(56-11)55-10-19-24(46)28(50)32(54)38(61-19)63-35-29(51)23(45)18(9-40)60-39(35)62-34-25(47)20-16(42)7-15(58-37-31(53)27(49)22(44)12(2)57-37)8-17(20)59-33(34)13-3-5-14(41)6-4-13/h3-8,11-12,18-19,21-24,26-46,48-54H,9-10H2,1-2H3/t11-,12-,18+,19+,21-,22-,23-,24-,26+,27+,28+,29+,30+,31+,32+,33+,34-,35+,36-,37+,38+,39+/m0/s1. The van der Waals surface area contributed by atoms with E-state index in [1.165, 1.54) is 38.1 Å². The number of phenols is 2. The summed E-state index contributed by atoms with van der Waals surface area (Å²) in [6.07, 6.45) is -37.2. The van der Waals surface area contributed by atoms with Crippen LogP contribution in [0, 0.1) is 0 Å². The van der Waals surface area contributed by atoms with Crippen molar-refractivity contribution < 1.29 is 119 Å². The molecule has 63 heavy (non-hydrogen) atoms. The van der Waals surface area contributed by atoms with Crippen molar-refractivity contribution in [3.63, 3.8) is 0 Å². The molecule has 352 valence electrons. The van der Waals surface area contributed by atoms with Crippen molar-refractivity contribution in [3.8, 4) is 23.0 Å². The second-order valence-corrected chi connectivity index (χ2v) is 16.0. The molecule has 0 aromatic heterocycles. The summed E-state index contributed by atoms with van der Waals surface area (Å²) in [4.78, 5) is 14.5.